The average molecular weight is 366 g/mol. The van der Waals surface area contributed by atoms with Gasteiger partial charge in [0.1, 0.15) is 6.61 Å². The van der Waals surface area contributed by atoms with Gasteiger partial charge in [-0.25, -0.2) is 0 Å². The first kappa shape index (κ1) is 16.3. The fourth-order valence-electron chi connectivity index (χ4n) is 1.95. The number of carbonyl (C=O) groups is 1. The molecule has 0 aliphatic heterocycles. The van der Waals surface area contributed by atoms with E-state index in [1.165, 1.54) is 19.2 Å². The van der Waals surface area contributed by atoms with Crippen LogP contribution in [0.1, 0.15) is 21.5 Å². The number of hydrogen-bond acceptors (Lipinski definition) is 5. The second-order valence-corrected chi connectivity index (χ2v) is 5.40. The number of benzene rings is 2. The van der Waals surface area contributed by atoms with Gasteiger partial charge < -0.3 is 24.5 Å². The Hall–Kier alpha value is -2.05. The highest BCUT2D eigenvalue weighted by atomic mass is 79.9. The van der Waals surface area contributed by atoms with Gasteiger partial charge in [-0.1, -0.05) is 18.2 Å². The van der Waals surface area contributed by atoms with Crippen LogP contribution in [0.2, 0.25) is 0 Å². The molecule has 2 aromatic rings. The van der Waals surface area contributed by atoms with Crippen molar-refractivity contribution in [1.82, 2.24) is 0 Å². The summed E-state index contributed by atoms with van der Waals surface area (Å²) in [4.78, 5) is 10.8. The molecule has 0 unspecified atom stereocenters. The van der Waals surface area contributed by atoms with Crippen LogP contribution in [0.4, 0.5) is 0 Å². The number of carbonyl (C=O) groups excluding carboxylic acids is 1. The van der Waals surface area contributed by atoms with Crippen molar-refractivity contribution in [3.05, 3.63) is 57.6 Å². The number of hydrogen-bond donors (Lipinski definition) is 1. The number of carboxylic acid groups (broad SMARTS) is 1. The summed E-state index contributed by atoms with van der Waals surface area (Å²) in [6, 6.07) is 9.76. The minimum atomic E-state index is -1.23. The molecule has 0 bridgehead atoms. The molecule has 0 saturated carbocycles. The third-order valence-corrected chi connectivity index (χ3v) is 3.61. The van der Waals surface area contributed by atoms with Crippen molar-refractivity contribution in [2.75, 3.05) is 7.11 Å². The minimum absolute atomic E-state index is 0.0998. The van der Waals surface area contributed by atoms with Gasteiger partial charge in [0.05, 0.1) is 24.2 Å². The SMILES string of the molecule is COc1cc(CO)cc(Br)c1OCc1cccc(C(=O)[O-])c1. The van der Waals surface area contributed by atoms with E-state index < -0.39 is 5.97 Å². The maximum atomic E-state index is 10.8. The van der Waals surface area contributed by atoms with Gasteiger partial charge in [0.25, 0.3) is 0 Å². The maximum absolute atomic E-state index is 10.8. The number of aromatic carboxylic acids is 1. The van der Waals surface area contributed by atoms with Crippen LogP contribution in [0.3, 0.4) is 0 Å². The number of aliphatic hydroxyl groups is 1. The largest absolute Gasteiger partial charge is 0.545 e. The molecule has 0 atom stereocenters. The average Bonchev–Trinajstić information content (AvgIpc) is 2.53. The van der Waals surface area contributed by atoms with Gasteiger partial charge in [-0.3, -0.25) is 0 Å². The van der Waals surface area contributed by atoms with Crippen LogP contribution in [0.25, 0.3) is 0 Å². The molecule has 0 spiro atoms. The molecule has 2 rings (SSSR count). The molecule has 0 aromatic heterocycles. The Morgan fingerprint density at radius 3 is 2.68 bits per heavy atom. The molecule has 5 nitrogen and oxygen atoms in total. The van der Waals surface area contributed by atoms with E-state index in [1.54, 1.807) is 24.3 Å². The number of aliphatic hydroxyl groups excluding tert-OH is 1. The Bertz CT molecular complexity index is 684. The molecule has 0 saturated heterocycles. The summed E-state index contributed by atoms with van der Waals surface area (Å²) in [5.74, 6) is -0.263. The summed E-state index contributed by atoms with van der Waals surface area (Å²) >= 11 is 3.37. The smallest absolute Gasteiger partial charge is 0.175 e. The summed E-state index contributed by atoms with van der Waals surface area (Å²) in [6.45, 7) is 0.0669. The Balaban J connectivity index is 2.21. The number of carboxylic acids is 1. The van der Waals surface area contributed by atoms with Gasteiger partial charge in [0, 0.05) is 0 Å². The highest BCUT2D eigenvalue weighted by Crippen LogP contribution is 2.37. The van der Waals surface area contributed by atoms with Crippen LogP contribution >= 0.6 is 15.9 Å². The zero-order chi connectivity index (χ0) is 16.1. The Morgan fingerprint density at radius 2 is 2.05 bits per heavy atom. The quantitative estimate of drug-likeness (QED) is 0.845. The van der Waals surface area contributed by atoms with Crippen LogP contribution in [-0.2, 0) is 13.2 Å². The third-order valence-electron chi connectivity index (χ3n) is 3.02. The monoisotopic (exact) mass is 365 g/mol. The Kier molecular flexibility index (Phi) is 5.41. The molecule has 0 radical (unpaired) electrons. The van der Waals surface area contributed by atoms with E-state index in [4.69, 9.17) is 9.47 Å². The van der Waals surface area contributed by atoms with Gasteiger partial charge >= 0.3 is 0 Å². The lowest BCUT2D eigenvalue weighted by molar-refractivity contribution is -0.255. The molecule has 0 aliphatic carbocycles. The number of rotatable bonds is 6. The summed E-state index contributed by atoms with van der Waals surface area (Å²) in [5.41, 5.74) is 1.49. The fourth-order valence-corrected chi connectivity index (χ4v) is 2.55. The highest BCUT2D eigenvalue weighted by Gasteiger charge is 2.12. The molecule has 0 fully saturated rings. The van der Waals surface area contributed by atoms with E-state index in [-0.39, 0.29) is 18.8 Å². The van der Waals surface area contributed by atoms with Crippen molar-refractivity contribution >= 4 is 21.9 Å². The van der Waals surface area contributed by atoms with E-state index in [0.717, 1.165) is 0 Å². The topological polar surface area (TPSA) is 78.8 Å². The highest BCUT2D eigenvalue weighted by molar-refractivity contribution is 9.10. The second kappa shape index (κ2) is 7.29. The van der Waals surface area contributed by atoms with Gasteiger partial charge in [-0.15, -0.1) is 0 Å². The number of methoxy groups -OCH3 is 1. The van der Waals surface area contributed by atoms with Crippen molar-refractivity contribution in [3.63, 3.8) is 0 Å². The first-order valence-electron chi connectivity index (χ1n) is 6.45. The van der Waals surface area contributed by atoms with E-state index in [2.05, 4.69) is 15.9 Å². The van der Waals surface area contributed by atoms with Crippen LogP contribution < -0.4 is 14.6 Å². The van der Waals surface area contributed by atoms with Crippen molar-refractivity contribution in [2.45, 2.75) is 13.2 Å². The van der Waals surface area contributed by atoms with Crippen LogP contribution in [0.15, 0.2) is 40.9 Å². The first-order valence-corrected chi connectivity index (χ1v) is 7.24. The molecule has 0 heterocycles. The van der Waals surface area contributed by atoms with Crippen molar-refractivity contribution in [2.24, 2.45) is 0 Å². The summed E-state index contributed by atoms with van der Waals surface area (Å²) in [6.07, 6.45) is 0. The predicted molar refractivity (Wildman–Crippen MR) is 81.7 cm³/mol. The summed E-state index contributed by atoms with van der Waals surface area (Å²) < 4.78 is 11.6. The Labute approximate surface area is 136 Å². The van der Waals surface area contributed by atoms with Crippen LogP contribution in [0, 0.1) is 0 Å². The lowest BCUT2D eigenvalue weighted by atomic mass is 10.1. The lowest BCUT2D eigenvalue weighted by Gasteiger charge is -2.14. The molecular formula is C16H14BrO5-. The van der Waals surface area contributed by atoms with Gasteiger partial charge in [-0.2, -0.15) is 0 Å². The molecule has 2 aromatic carbocycles. The molecule has 6 heteroatoms. The molecule has 1 N–H and O–H groups in total. The minimum Gasteiger partial charge on any atom is -0.545 e. The number of halogens is 1. The van der Waals surface area contributed by atoms with Crippen molar-refractivity contribution in [3.8, 4) is 11.5 Å². The predicted octanol–water partition coefficient (Wildman–Crippen LogP) is 1.89. The third kappa shape index (κ3) is 3.78. The van der Waals surface area contributed by atoms with Gasteiger partial charge in [0.2, 0.25) is 0 Å². The van der Waals surface area contributed by atoms with Gasteiger partial charge in [0.15, 0.2) is 11.5 Å². The van der Waals surface area contributed by atoms with E-state index in [9.17, 15) is 15.0 Å². The standard InChI is InChI=1S/C16H15BrO5/c1-21-14-7-11(8-18)6-13(17)15(14)22-9-10-3-2-4-12(5-10)16(19)20/h2-7,18H,8-9H2,1H3,(H,19,20)/p-1. The first-order chi connectivity index (χ1) is 10.5. The van der Waals surface area contributed by atoms with E-state index >= 15 is 0 Å². The van der Waals surface area contributed by atoms with Crippen LogP contribution in [0.5, 0.6) is 11.5 Å². The number of ether oxygens (including phenoxy) is 2. The van der Waals surface area contributed by atoms with Crippen molar-refractivity contribution < 1.29 is 24.5 Å². The zero-order valence-corrected chi connectivity index (χ0v) is 13.4. The molecule has 0 amide bonds. The summed E-state index contributed by atoms with van der Waals surface area (Å²) in [7, 11) is 1.51. The molecular weight excluding hydrogens is 352 g/mol. The molecule has 0 aliphatic rings. The second-order valence-electron chi connectivity index (χ2n) is 4.54. The summed E-state index contributed by atoms with van der Waals surface area (Å²) in [5, 5.41) is 20.0. The van der Waals surface area contributed by atoms with Crippen molar-refractivity contribution in [1.29, 1.82) is 0 Å². The van der Waals surface area contributed by atoms with E-state index in [0.29, 0.717) is 27.1 Å². The molecule has 116 valence electrons. The Morgan fingerprint density at radius 1 is 1.27 bits per heavy atom. The fraction of sp³-hybridized carbons (Fsp3) is 0.188. The van der Waals surface area contributed by atoms with Crippen LogP contribution in [-0.4, -0.2) is 18.2 Å². The molecule has 22 heavy (non-hydrogen) atoms. The van der Waals surface area contributed by atoms with E-state index in [1.807, 2.05) is 0 Å². The maximum Gasteiger partial charge on any atom is 0.175 e. The normalized spacial score (nSPS) is 10.3. The lowest BCUT2D eigenvalue weighted by Crippen LogP contribution is -2.22. The van der Waals surface area contributed by atoms with Gasteiger partial charge in [-0.05, 0) is 50.8 Å². The zero-order valence-electron chi connectivity index (χ0n) is 11.8.